The molecule has 0 spiro atoms. The molecule has 2 atom stereocenters. The van der Waals surface area contributed by atoms with Gasteiger partial charge in [0.25, 0.3) is 0 Å². The molecule has 0 aromatic carbocycles. The summed E-state index contributed by atoms with van der Waals surface area (Å²) < 4.78 is 10.7. The van der Waals surface area contributed by atoms with Gasteiger partial charge in [0.1, 0.15) is 0 Å². The third-order valence-corrected chi connectivity index (χ3v) is 5.64. The maximum atomic E-state index is 12.3. The number of alkyl carbamates (subject to hydrolysis) is 2. The lowest BCUT2D eigenvalue weighted by molar-refractivity contribution is 0.0620. The molecule has 182 valence electrons. The minimum absolute atomic E-state index is 0.0286. The van der Waals surface area contributed by atoms with Crippen molar-refractivity contribution in [3.05, 3.63) is 0 Å². The Kier molecular flexibility index (Phi) is 11.6. The minimum atomic E-state index is -0.370. The van der Waals surface area contributed by atoms with Gasteiger partial charge >= 0.3 is 12.2 Å². The number of rotatable bonds is 12. The largest absolute Gasteiger partial charge is 0.450 e. The number of carbonyl (C=O) groups excluding carboxylic acids is 2. The summed E-state index contributed by atoms with van der Waals surface area (Å²) in [5.41, 5.74) is -0.0536. The SMILES string of the molecule is CN(C)CCCCOC(=O)NC1CC(C)(C)CC(C)(CNC(=O)OCCCN(C)C)C1. The van der Waals surface area contributed by atoms with Crippen molar-refractivity contribution in [1.82, 2.24) is 20.4 Å². The molecule has 2 unspecified atom stereocenters. The summed E-state index contributed by atoms with van der Waals surface area (Å²) in [6, 6.07) is 0.0286. The Bertz CT molecular complexity index is 554. The molecule has 2 amide bonds. The molecule has 2 N–H and O–H groups in total. The highest BCUT2D eigenvalue weighted by Crippen LogP contribution is 2.45. The highest BCUT2D eigenvalue weighted by Gasteiger charge is 2.42. The number of hydrogen-bond acceptors (Lipinski definition) is 6. The molecule has 1 aliphatic rings. The Morgan fingerprint density at radius 3 is 2.10 bits per heavy atom. The van der Waals surface area contributed by atoms with E-state index >= 15 is 0 Å². The van der Waals surface area contributed by atoms with Gasteiger partial charge in [-0.15, -0.1) is 0 Å². The van der Waals surface area contributed by atoms with E-state index < -0.39 is 0 Å². The fourth-order valence-electron chi connectivity index (χ4n) is 4.66. The van der Waals surface area contributed by atoms with Crippen LogP contribution < -0.4 is 10.6 Å². The Morgan fingerprint density at radius 1 is 0.871 bits per heavy atom. The summed E-state index contributed by atoms with van der Waals surface area (Å²) in [7, 11) is 8.07. The van der Waals surface area contributed by atoms with Gasteiger partial charge in [0.2, 0.25) is 0 Å². The molecule has 0 aromatic rings. The van der Waals surface area contributed by atoms with Crippen LogP contribution in [0.25, 0.3) is 0 Å². The third kappa shape index (κ3) is 12.8. The van der Waals surface area contributed by atoms with Crippen LogP contribution >= 0.6 is 0 Å². The van der Waals surface area contributed by atoms with Crippen LogP contribution in [0.15, 0.2) is 0 Å². The van der Waals surface area contributed by atoms with E-state index in [1.54, 1.807) is 0 Å². The average molecular weight is 443 g/mol. The monoisotopic (exact) mass is 442 g/mol. The number of carbonyl (C=O) groups is 2. The van der Waals surface area contributed by atoms with Crippen LogP contribution in [0.3, 0.4) is 0 Å². The number of hydrogen-bond donors (Lipinski definition) is 2. The van der Waals surface area contributed by atoms with Gasteiger partial charge in [-0.25, -0.2) is 9.59 Å². The average Bonchev–Trinajstić information content (AvgIpc) is 2.61. The molecule has 0 aromatic heterocycles. The van der Waals surface area contributed by atoms with Crippen molar-refractivity contribution in [3.8, 4) is 0 Å². The van der Waals surface area contributed by atoms with Crippen molar-refractivity contribution in [1.29, 1.82) is 0 Å². The summed E-state index contributed by atoms with van der Waals surface area (Å²) in [5, 5.41) is 5.98. The van der Waals surface area contributed by atoms with E-state index in [0.717, 1.165) is 51.6 Å². The van der Waals surface area contributed by atoms with Gasteiger partial charge in [-0.3, -0.25) is 0 Å². The fraction of sp³-hybridized carbons (Fsp3) is 0.913. The highest BCUT2D eigenvalue weighted by atomic mass is 16.6. The molecule has 1 saturated carbocycles. The normalized spacial score (nSPS) is 22.9. The Morgan fingerprint density at radius 2 is 1.45 bits per heavy atom. The quantitative estimate of drug-likeness (QED) is 0.451. The van der Waals surface area contributed by atoms with Crippen LogP contribution in [-0.2, 0) is 9.47 Å². The molecule has 0 saturated heterocycles. The zero-order valence-corrected chi connectivity index (χ0v) is 20.9. The van der Waals surface area contributed by atoms with Crippen molar-refractivity contribution in [2.24, 2.45) is 10.8 Å². The molecule has 8 nitrogen and oxygen atoms in total. The topological polar surface area (TPSA) is 83.1 Å². The van der Waals surface area contributed by atoms with Gasteiger partial charge < -0.3 is 29.9 Å². The molecule has 1 aliphatic carbocycles. The molecule has 0 bridgehead atoms. The first-order valence-corrected chi connectivity index (χ1v) is 11.5. The second-order valence-electron chi connectivity index (χ2n) is 10.7. The van der Waals surface area contributed by atoms with Crippen molar-refractivity contribution >= 4 is 12.2 Å². The number of ether oxygens (including phenoxy) is 2. The van der Waals surface area contributed by atoms with Crippen LogP contribution in [0.5, 0.6) is 0 Å². The lowest BCUT2D eigenvalue weighted by Gasteiger charge is -2.46. The summed E-state index contributed by atoms with van der Waals surface area (Å²) in [6.07, 6.45) is 4.63. The molecule has 1 fully saturated rings. The zero-order valence-electron chi connectivity index (χ0n) is 20.9. The second kappa shape index (κ2) is 13.1. The van der Waals surface area contributed by atoms with E-state index in [1.165, 1.54) is 0 Å². The van der Waals surface area contributed by atoms with E-state index in [9.17, 15) is 9.59 Å². The van der Waals surface area contributed by atoms with Crippen molar-refractivity contribution in [2.45, 2.75) is 65.3 Å². The number of nitrogens with one attached hydrogen (secondary N) is 2. The predicted octanol–water partition coefficient (Wildman–Crippen LogP) is 3.32. The Balaban J connectivity index is 2.42. The summed E-state index contributed by atoms with van der Waals surface area (Å²) in [4.78, 5) is 28.5. The number of nitrogens with zero attached hydrogens (tertiary/aromatic N) is 2. The standard InChI is InChI=1S/C23H46N4O4/c1-22(2)15-19(25-21(29)31-13-9-8-11-26(4)5)16-23(3,17-22)18-24-20(28)30-14-10-12-27(6)7/h19H,8-18H2,1-7H3,(H,24,28)(H,25,29). The first kappa shape index (κ1) is 27.5. The van der Waals surface area contributed by atoms with E-state index in [1.807, 2.05) is 28.2 Å². The van der Waals surface area contributed by atoms with Crippen molar-refractivity contribution in [3.63, 3.8) is 0 Å². The zero-order chi connectivity index (χ0) is 23.5. The molecular weight excluding hydrogens is 396 g/mol. The van der Waals surface area contributed by atoms with Crippen molar-refractivity contribution < 1.29 is 19.1 Å². The van der Waals surface area contributed by atoms with Crippen LogP contribution in [0, 0.1) is 10.8 Å². The lowest BCUT2D eigenvalue weighted by Crippen LogP contribution is -2.50. The van der Waals surface area contributed by atoms with Crippen LogP contribution in [0.1, 0.15) is 59.3 Å². The maximum absolute atomic E-state index is 12.3. The molecule has 8 heteroatoms. The number of unbranched alkanes of at least 4 members (excludes halogenated alkanes) is 1. The van der Waals surface area contributed by atoms with Gasteiger partial charge in [-0.1, -0.05) is 20.8 Å². The predicted molar refractivity (Wildman–Crippen MR) is 124 cm³/mol. The van der Waals surface area contributed by atoms with Crippen LogP contribution in [0.4, 0.5) is 9.59 Å². The molecular formula is C23H46N4O4. The lowest BCUT2D eigenvalue weighted by atomic mass is 9.62. The smallest absolute Gasteiger partial charge is 0.407 e. The van der Waals surface area contributed by atoms with E-state index in [2.05, 4.69) is 41.2 Å². The first-order valence-electron chi connectivity index (χ1n) is 11.5. The maximum Gasteiger partial charge on any atom is 0.407 e. The van der Waals surface area contributed by atoms with E-state index in [-0.39, 0.29) is 29.1 Å². The molecule has 0 radical (unpaired) electrons. The molecule has 0 heterocycles. The van der Waals surface area contributed by atoms with Gasteiger partial charge in [0.05, 0.1) is 13.2 Å². The van der Waals surface area contributed by atoms with Gasteiger partial charge in [-0.05, 0) is 84.1 Å². The second-order valence-corrected chi connectivity index (χ2v) is 10.7. The third-order valence-electron chi connectivity index (χ3n) is 5.64. The summed E-state index contributed by atoms with van der Waals surface area (Å²) >= 11 is 0. The molecule has 31 heavy (non-hydrogen) atoms. The molecule has 1 rings (SSSR count). The minimum Gasteiger partial charge on any atom is -0.450 e. The fourth-order valence-corrected chi connectivity index (χ4v) is 4.66. The summed E-state index contributed by atoms with van der Waals surface area (Å²) in [5.74, 6) is 0. The van der Waals surface area contributed by atoms with Gasteiger partial charge in [-0.2, -0.15) is 0 Å². The van der Waals surface area contributed by atoms with E-state index in [4.69, 9.17) is 9.47 Å². The van der Waals surface area contributed by atoms with Gasteiger partial charge in [0.15, 0.2) is 0 Å². The van der Waals surface area contributed by atoms with E-state index in [0.29, 0.717) is 19.8 Å². The number of amides is 2. The Hall–Kier alpha value is -1.54. The highest BCUT2D eigenvalue weighted by molar-refractivity contribution is 5.68. The summed E-state index contributed by atoms with van der Waals surface area (Å²) in [6.45, 7) is 9.85. The van der Waals surface area contributed by atoms with Crippen LogP contribution in [-0.4, -0.2) is 89.1 Å². The van der Waals surface area contributed by atoms with Gasteiger partial charge in [0, 0.05) is 19.1 Å². The van der Waals surface area contributed by atoms with Crippen LogP contribution in [0.2, 0.25) is 0 Å². The molecule has 0 aliphatic heterocycles. The Labute approximate surface area is 189 Å². The first-order chi connectivity index (χ1) is 14.4. The van der Waals surface area contributed by atoms with Crippen molar-refractivity contribution in [2.75, 3.05) is 61.0 Å².